The third-order valence-electron chi connectivity index (χ3n) is 5.94. The van der Waals surface area contributed by atoms with Gasteiger partial charge in [-0.1, -0.05) is 43.7 Å². The number of thiazole rings is 1. The highest BCUT2D eigenvalue weighted by atomic mass is 32.1. The number of amides is 1. The Morgan fingerprint density at radius 3 is 2.45 bits per heavy atom. The molecule has 0 spiro atoms. The number of benzene rings is 1. The summed E-state index contributed by atoms with van der Waals surface area (Å²) in [7, 11) is 0. The summed E-state index contributed by atoms with van der Waals surface area (Å²) in [4.78, 5) is 45.8. The van der Waals surface area contributed by atoms with Crippen molar-refractivity contribution in [3.05, 3.63) is 50.7 Å². The SMILES string of the molecule is CCCCc1ccc(NC(=O)Cn2c(=O)n(CCC)c(=O)c3sc(N4CCCC4)nc32)cc1. The molecule has 4 rings (SSSR count). The fourth-order valence-electron chi connectivity index (χ4n) is 4.16. The Morgan fingerprint density at radius 2 is 1.79 bits per heavy atom. The quantitative estimate of drug-likeness (QED) is 0.517. The summed E-state index contributed by atoms with van der Waals surface area (Å²) in [5.74, 6) is -0.322. The summed E-state index contributed by atoms with van der Waals surface area (Å²) in [5, 5.41) is 3.61. The number of carbonyl (C=O) groups is 1. The number of anilines is 2. The van der Waals surface area contributed by atoms with E-state index in [0.29, 0.717) is 29.0 Å². The summed E-state index contributed by atoms with van der Waals surface area (Å²) in [5.41, 5.74) is 1.41. The Hall–Kier alpha value is -2.94. The van der Waals surface area contributed by atoms with Crippen molar-refractivity contribution >= 4 is 38.4 Å². The zero-order valence-corrected chi connectivity index (χ0v) is 20.1. The number of unbranched alkanes of at least 4 members (excludes halogenated alkanes) is 1. The maximum Gasteiger partial charge on any atom is 0.333 e. The molecule has 1 aromatic carbocycles. The minimum absolute atomic E-state index is 0.194. The molecule has 2 aromatic heterocycles. The van der Waals surface area contributed by atoms with E-state index in [-0.39, 0.29) is 18.0 Å². The molecule has 1 N–H and O–H groups in total. The molecule has 3 aromatic rings. The molecule has 0 radical (unpaired) electrons. The van der Waals surface area contributed by atoms with E-state index in [4.69, 9.17) is 0 Å². The molecule has 0 saturated carbocycles. The van der Waals surface area contributed by atoms with Gasteiger partial charge in [0.25, 0.3) is 5.56 Å². The van der Waals surface area contributed by atoms with Crippen LogP contribution in [0.15, 0.2) is 33.9 Å². The molecule has 1 amide bonds. The highest BCUT2D eigenvalue weighted by Crippen LogP contribution is 2.28. The van der Waals surface area contributed by atoms with Gasteiger partial charge in [-0.2, -0.15) is 0 Å². The van der Waals surface area contributed by atoms with Gasteiger partial charge >= 0.3 is 5.69 Å². The predicted octanol–water partition coefficient (Wildman–Crippen LogP) is 3.61. The number of hydrogen-bond acceptors (Lipinski definition) is 6. The highest BCUT2D eigenvalue weighted by molar-refractivity contribution is 7.22. The number of aromatic nitrogens is 3. The third kappa shape index (κ3) is 5.03. The van der Waals surface area contributed by atoms with Gasteiger partial charge in [-0.3, -0.25) is 18.7 Å². The lowest BCUT2D eigenvalue weighted by atomic mass is 10.1. The van der Waals surface area contributed by atoms with Crippen molar-refractivity contribution in [1.82, 2.24) is 14.1 Å². The molecule has 0 bridgehead atoms. The van der Waals surface area contributed by atoms with Gasteiger partial charge in [0.05, 0.1) is 0 Å². The van der Waals surface area contributed by atoms with Gasteiger partial charge in [0.1, 0.15) is 11.2 Å². The molecule has 1 saturated heterocycles. The molecule has 0 atom stereocenters. The van der Waals surface area contributed by atoms with Crippen LogP contribution in [-0.2, 0) is 24.3 Å². The fourth-order valence-corrected chi connectivity index (χ4v) is 5.23. The van der Waals surface area contributed by atoms with Crippen LogP contribution in [0.4, 0.5) is 10.8 Å². The van der Waals surface area contributed by atoms with E-state index in [1.54, 1.807) is 0 Å². The van der Waals surface area contributed by atoms with Crippen LogP contribution in [0, 0.1) is 0 Å². The lowest BCUT2D eigenvalue weighted by Gasteiger charge is -2.12. The molecule has 1 aliphatic heterocycles. The van der Waals surface area contributed by atoms with Crippen molar-refractivity contribution in [3.8, 4) is 0 Å². The van der Waals surface area contributed by atoms with Crippen molar-refractivity contribution in [1.29, 1.82) is 0 Å². The van der Waals surface area contributed by atoms with E-state index < -0.39 is 5.69 Å². The zero-order valence-electron chi connectivity index (χ0n) is 19.3. The maximum absolute atomic E-state index is 13.2. The summed E-state index contributed by atoms with van der Waals surface area (Å²) >= 11 is 1.31. The standard InChI is InChI=1S/C24H31N5O3S/c1-3-5-8-17-9-11-18(12-10-17)25-19(30)16-29-21-20(22(31)28(13-4-2)24(29)32)33-23(26-21)27-14-6-7-15-27/h9-12H,3-8,13-16H2,1-2H3,(H,25,30). The molecule has 9 heteroatoms. The third-order valence-corrected chi connectivity index (χ3v) is 7.03. The van der Waals surface area contributed by atoms with Gasteiger partial charge in [-0.15, -0.1) is 0 Å². The van der Waals surface area contributed by atoms with Crippen molar-refractivity contribution in [2.24, 2.45) is 0 Å². The van der Waals surface area contributed by atoms with E-state index in [2.05, 4.69) is 22.1 Å². The minimum Gasteiger partial charge on any atom is -0.348 e. The van der Waals surface area contributed by atoms with Gasteiger partial charge in [0.15, 0.2) is 10.8 Å². The number of fused-ring (bicyclic) bond motifs is 1. The molecule has 33 heavy (non-hydrogen) atoms. The number of hydrogen-bond donors (Lipinski definition) is 1. The topological polar surface area (TPSA) is 89.2 Å². The van der Waals surface area contributed by atoms with E-state index in [1.807, 2.05) is 31.2 Å². The lowest BCUT2D eigenvalue weighted by Crippen LogP contribution is -2.41. The van der Waals surface area contributed by atoms with E-state index in [9.17, 15) is 14.4 Å². The van der Waals surface area contributed by atoms with Crippen LogP contribution in [0.3, 0.4) is 0 Å². The summed E-state index contributed by atoms with van der Waals surface area (Å²) in [6.07, 6.45) is 6.10. The van der Waals surface area contributed by atoms with Crippen LogP contribution >= 0.6 is 11.3 Å². The summed E-state index contributed by atoms with van der Waals surface area (Å²) in [6.45, 7) is 5.97. The molecule has 8 nitrogen and oxygen atoms in total. The number of nitrogens with one attached hydrogen (secondary N) is 1. The Bertz CT molecular complexity index is 1240. The van der Waals surface area contributed by atoms with Crippen LogP contribution < -0.4 is 21.5 Å². The average molecular weight is 470 g/mol. The normalized spacial score (nSPS) is 13.7. The van der Waals surface area contributed by atoms with Crippen molar-refractivity contribution in [2.75, 3.05) is 23.3 Å². The lowest BCUT2D eigenvalue weighted by molar-refractivity contribution is -0.116. The van der Waals surface area contributed by atoms with Crippen molar-refractivity contribution < 1.29 is 4.79 Å². The largest absolute Gasteiger partial charge is 0.348 e. The Balaban J connectivity index is 1.63. The first-order valence-electron chi connectivity index (χ1n) is 11.8. The molecule has 1 fully saturated rings. The smallest absolute Gasteiger partial charge is 0.333 e. The van der Waals surface area contributed by atoms with Crippen molar-refractivity contribution in [2.45, 2.75) is 65.5 Å². The molecule has 3 heterocycles. The molecule has 0 unspecified atom stereocenters. The molecular formula is C24H31N5O3S. The number of aryl methyl sites for hydroxylation is 1. The van der Waals surface area contributed by atoms with Gasteiger partial charge in [0.2, 0.25) is 5.91 Å². The van der Waals surface area contributed by atoms with Gasteiger partial charge in [-0.05, 0) is 49.8 Å². The summed E-state index contributed by atoms with van der Waals surface area (Å²) < 4.78 is 3.00. The predicted molar refractivity (Wildman–Crippen MR) is 134 cm³/mol. The molecule has 1 aliphatic rings. The number of carbonyl (C=O) groups excluding carboxylic acids is 1. The zero-order chi connectivity index (χ0) is 23.4. The van der Waals surface area contributed by atoms with E-state index in [0.717, 1.165) is 50.3 Å². The Labute approximate surface area is 196 Å². The maximum atomic E-state index is 13.2. The van der Waals surface area contributed by atoms with Crippen LogP contribution in [0.25, 0.3) is 10.3 Å². The van der Waals surface area contributed by atoms with Crippen molar-refractivity contribution in [3.63, 3.8) is 0 Å². The number of nitrogens with zero attached hydrogens (tertiary/aromatic N) is 4. The van der Waals surface area contributed by atoms with Crippen LogP contribution in [0.2, 0.25) is 0 Å². The Kier molecular flexibility index (Phi) is 7.27. The monoisotopic (exact) mass is 469 g/mol. The highest BCUT2D eigenvalue weighted by Gasteiger charge is 2.23. The second-order valence-electron chi connectivity index (χ2n) is 8.52. The molecule has 176 valence electrons. The van der Waals surface area contributed by atoms with Crippen LogP contribution in [-0.4, -0.2) is 33.1 Å². The molecular weight excluding hydrogens is 438 g/mol. The van der Waals surface area contributed by atoms with Crippen LogP contribution in [0.1, 0.15) is 51.5 Å². The Morgan fingerprint density at radius 1 is 1.06 bits per heavy atom. The first-order valence-corrected chi connectivity index (χ1v) is 12.6. The first-order chi connectivity index (χ1) is 16.0. The van der Waals surface area contributed by atoms with Gasteiger partial charge in [-0.25, -0.2) is 9.78 Å². The van der Waals surface area contributed by atoms with E-state index >= 15 is 0 Å². The fraction of sp³-hybridized carbons (Fsp3) is 0.500. The first kappa shape index (κ1) is 23.2. The summed E-state index contributed by atoms with van der Waals surface area (Å²) in [6, 6.07) is 7.79. The average Bonchev–Trinajstić information content (AvgIpc) is 3.49. The molecule has 0 aliphatic carbocycles. The second-order valence-corrected chi connectivity index (χ2v) is 9.50. The van der Waals surface area contributed by atoms with Gasteiger partial charge in [0, 0.05) is 25.3 Å². The van der Waals surface area contributed by atoms with Crippen LogP contribution in [0.5, 0.6) is 0 Å². The number of rotatable bonds is 9. The van der Waals surface area contributed by atoms with Gasteiger partial charge < -0.3 is 10.2 Å². The minimum atomic E-state index is -0.488. The second kappa shape index (κ2) is 10.3. The van der Waals surface area contributed by atoms with E-state index in [1.165, 1.54) is 26.0 Å².